The van der Waals surface area contributed by atoms with Gasteiger partial charge in [-0.3, -0.25) is 4.79 Å². The van der Waals surface area contributed by atoms with Crippen LogP contribution in [0, 0.1) is 17.8 Å². The molecule has 1 aliphatic heterocycles. The van der Waals surface area contributed by atoms with Gasteiger partial charge < -0.3 is 18.8 Å². The van der Waals surface area contributed by atoms with E-state index in [1.165, 1.54) is 19.3 Å². The number of amides is 1. The Bertz CT molecular complexity index is 686. The molecule has 0 aromatic carbocycles. The van der Waals surface area contributed by atoms with Crippen LogP contribution in [-0.2, 0) is 25.6 Å². The number of carbonyl (C=O) groups excluding carboxylic acids is 2. The van der Waals surface area contributed by atoms with Crippen LogP contribution in [0.1, 0.15) is 57.1 Å². The lowest BCUT2D eigenvalue weighted by Crippen LogP contribution is -2.61. The Kier molecular flexibility index (Phi) is 4.69. The minimum atomic E-state index is -0.508. The molecule has 2 heterocycles. The van der Waals surface area contributed by atoms with Crippen LogP contribution in [0.15, 0.2) is 22.8 Å². The van der Waals surface area contributed by atoms with Crippen LogP contribution in [0.25, 0.3) is 0 Å². The molecule has 0 unspecified atom stereocenters. The Hall–Kier alpha value is -1.82. The number of carbonyl (C=O) groups is 2. The van der Waals surface area contributed by atoms with E-state index in [-0.39, 0.29) is 18.1 Å². The lowest BCUT2D eigenvalue weighted by atomic mass is 9.52. The maximum atomic E-state index is 13.3. The summed E-state index contributed by atoms with van der Waals surface area (Å²) in [6, 6.07) is 3.77. The van der Waals surface area contributed by atoms with Gasteiger partial charge in [-0.1, -0.05) is 0 Å². The maximum Gasteiger partial charge on any atom is 0.335 e. The van der Waals surface area contributed by atoms with Crippen LogP contribution in [0.2, 0.25) is 0 Å². The van der Waals surface area contributed by atoms with E-state index in [0.29, 0.717) is 19.6 Å². The van der Waals surface area contributed by atoms with Crippen molar-refractivity contribution in [2.24, 2.45) is 17.8 Å². The number of furan rings is 1. The van der Waals surface area contributed by atoms with E-state index in [0.717, 1.165) is 49.2 Å². The molecule has 4 aliphatic carbocycles. The van der Waals surface area contributed by atoms with Gasteiger partial charge in [0.1, 0.15) is 5.76 Å². The van der Waals surface area contributed by atoms with E-state index in [1.807, 2.05) is 17.0 Å². The fraction of sp³-hybridized carbons (Fsp3) is 0.727. The van der Waals surface area contributed by atoms with E-state index in [2.05, 4.69) is 0 Å². The summed E-state index contributed by atoms with van der Waals surface area (Å²) in [4.78, 5) is 27.5. The van der Waals surface area contributed by atoms with Gasteiger partial charge in [-0.2, -0.15) is 0 Å². The molecule has 6 rings (SSSR count). The molecule has 152 valence electrons. The normalized spacial score (nSPS) is 35.9. The summed E-state index contributed by atoms with van der Waals surface area (Å²) in [7, 11) is 0. The number of rotatable bonds is 6. The SMILES string of the molecule is O=C(OCC(=O)N(Cc1ccco1)C12CC3CC(CC(C3)C1)C2)[C@H]1CCCO1. The Balaban J connectivity index is 1.33. The topological polar surface area (TPSA) is 69.0 Å². The predicted octanol–water partition coefficient (Wildman–Crippen LogP) is 3.30. The largest absolute Gasteiger partial charge is 0.467 e. The van der Waals surface area contributed by atoms with Crippen molar-refractivity contribution >= 4 is 11.9 Å². The van der Waals surface area contributed by atoms with E-state index >= 15 is 0 Å². The van der Waals surface area contributed by atoms with E-state index < -0.39 is 12.1 Å². The van der Waals surface area contributed by atoms with E-state index in [9.17, 15) is 9.59 Å². The van der Waals surface area contributed by atoms with Gasteiger partial charge in [0.25, 0.3) is 5.91 Å². The summed E-state index contributed by atoms with van der Waals surface area (Å²) >= 11 is 0. The highest BCUT2D eigenvalue weighted by Gasteiger charge is 2.54. The first-order valence-electron chi connectivity index (χ1n) is 10.7. The zero-order valence-electron chi connectivity index (χ0n) is 16.3. The molecule has 0 radical (unpaired) electrons. The molecule has 1 amide bonds. The molecule has 0 N–H and O–H groups in total. The van der Waals surface area contributed by atoms with Crippen LogP contribution in [-0.4, -0.2) is 41.6 Å². The molecule has 1 aromatic heterocycles. The highest BCUT2D eigenvalue weighted by Crippen LogP contribution is 2.58. The first kappa shape index (κ1) is 18.2. The average molecular weight is 387 g/mol. The molecule has 0 spiro atoms. The fourth-order valence-electron chi connectivity index (χ4n) is 6.54. The van der Waals surface area contributed by atoms with Crippen molar-refractivity contribution < 1.29 is 23.5 Å². The van der Waals surface area contributed by atoms with Crippen LogP contribution < -0.4 is 0 Å². The summed E-state index contributed by atoms with van der Waals surface area (Å²) in [5.74, 6) is 2.46. The van der Waals surface area contributed by atoms with Gasteiger partial charge in [0, 0.05) is 12.1 Å². The molecule has 28 heavy (non-hydrogen) atoms. The lowest BCUT2D eigenvalue weighted by Gasteiger charge is -2.60. The van der Waals surface area contributed by atoms with Gasteiger partial charge in [-0.15, -0.1) is 0 Å². The standard InChI is InChI=1S/C22H29NO5/c24-20(14-28-21(25)19-4-2-6-27-19)23(13-18-3-1-5-26-18)22-10-15-7-16(11-22)9-17(8-15)12-22/h1,3,5,15-17,19H,2,4,6-14H2/t15?,16?,17?,19-,22?/m1/s1. The van der Waals surface area contributed by atoms with Gasteiger partial charge in [0.15, 0.2) is 12.7 Å². The minimum Gasteiger partial charge on any atom is -0.467 e. The summed E-state index contributed by atoms with van der Waals surface area (Å²) in [5, 5.41) is 0. The maximum absolute atomic E-state index is 13.3. The summed E-state index contributed by atoms with van der Waals surface area (Å²) < 4.78 is 16.3. The lowest BCUT2D eigenvalue weighted by molar-refractivity contribution is -0.168. The van der Waals surface area contributed by atoms with Crippen molar-refractivity contribution in [3.8, 4) is 0 Å². The van der Waals surface area contributed by atoms with Crippen molar-refractivity contribution in [2.75, 3.05) is 13.2 Å². The third-order valence-corrected chi connectivity index (χ3v) is 7.30. The summed E-state index contributed by atoms with van der Waals surface area (Å²) in [5.41, 5.74) is -0.102. The minimum absolute atomic E-state index is 0.102. The second kappa shape index (κ2) is 7.21. The van der Waals surface area contributed by atoms with Crippen molar-refractivity contribution in [3.05, 3.63) is 24.2 Å². The second-order valence-corrected chi connectivity index (χ2v) is 9.31. The van der Waals surface area contributed by atoms with Crippen molar-refractivity contribution in [3.63, 3.8) is 0 Å². The molecule has 4 bridgehead atoms. The van der Waals surface area contributed by atoms with Crippen LogP contribution in [0.3, 0.4) is 0 Å². The zero-order chi connectivity index (χ0) is 19.1. The first-order valence-corrected chi connectivity index (χ1v) is 10.7. The molecular weight excluding hydrogens is 358 g/mol. The Morgan fingerprint density at radius 3 is 2.43 bits per heavy atom. The summed E-state index contributed by atoms with van der Waals surface area (Å²) in [6.45, 7) is 0.836. The molecule has 1 aromatic rings. The van der Waals surface area contributed by atoms with Crippen molar-refractivity contribution in [1.29, 1.82) is 0 Å². The molecule has 1 saturated heterocycles. The quantitative estimate of drug-likeness (QED) is 0.701. The van der Waals surface area contributed by atoms with Crippen molar-refractivity contribution in [2.45, 2.75) is 69.6 Å². The monoisotopic (exact) mass is 387 g/mol. The van der Waals surface area contributed by atoms with Gasteiger partial charge in [0.05, 0.1) is 12.8 Å². The van der Waals surface area contributed by atoms with Gasteiger partial charge in [0.2, 0.25) is 0 Å². The molecule has 6 heteroatoms. The Labute approximate surface area is 165 Å². The number of hydrogen-bond donors (Lipinski definition) is 0. The van der Waals surface area contributed by atoms with Crippen LogP contribution in [0.4, 0.5) is 0 Å². The highest BCUT2D eigenvalue weighted by molar-refractivity contribution is 5.82. The molecule has 6 nitrogen and oxygen atoms in total. The van der Waals surface area contributed by atoms with Gasteiger partial charge in [-0.25, -0.2) is 4.79 Å². The molecular formula is C22H29NO5. The Morgan fingerprint density at radius 1 is 1.14 bits per heavy atom. The predicted molar refractivity (Wildman–Crippen MR) is 100 cm³/mol. The summed E-state index contributed by atoms with van der Waals surface area (Å²) in [6.07, 6.45) is 9.85. The third-order valence-electron chi connectivity index (χ3n) is 7.30. The second-order valence-electron chi connectivity index (χ2n) is 9.31. The fourth-order valence-corrected chi connectivity index (χ4v) is 6.54. The van der Waals surface area contributed by atoms with E-state index in [1.54, 1.807) is 6.26 Å². The van der Waals surface area contributed by atoms with Crippen LogP contribution >= 0.6 is 0 Å². The Morgan fingerprint density at radius 2 is 1.86 bits per heavy atom. The average Bonchev–Trinajstić information content (AvgIpc) is 3.36. The van der Waals surface area contributed by atoms with E-state index in [4.69, 9.17) is 13.9 Å². The van der Waals surface area contributed by atoms with Gasteiger partial charge >= 0.3 is 5.97 Å². The van der Waals surface area contributed by atoms with Crippen LogP contribution in [0.5, 0.6) is 0 Å². The molecule has 1 atom stereocenters. The first-order chi connectivity index (χ1) is 13.6. The number of nitrogens with zero attached hydrogens (tertiary/aromatic N) is 1. The molecule has 4 saturated carbocycles. The number of hydrogen-bond acceptors (Lipinski definition) is 5. The molecule has 5 aliphatic rings. The number of esters is 1. The smallest absolute Gasteiger partial charge is 0.335 e. The zero-order valence-corrected chi connectivity index (χ0v) is 16.3. The van der Waals surface area contributed by atoms with Gasteiger partial charge in [-0.05, 0) is 81.3 Å². The van der Waals surface area contributed by atoms with Crippen molar-refractivity contribution in [1.82, 2.24) is 4.90 Å². The number of ether oxygens (including phenoxy) is 2. The molecule has 5 fully saturated rings. The third kappa shape index (κ3) is 3.36. The highest BCUT2D eigenvalue weighted by atomic mass is 16.6.